The first kappa shape index (κ1) is 17.3. The summed E-state index contributed by atoms with van der Waals surface area (Å²) in [7, 11) is 0. The number of nitrogens with one attached hydrogen (secondary N) is 1. The summed E-state index contributed by atoms with van der Waals surface area (Å²) >= 11 is 6.11. The number of nitrogens with zero attached hydrogens (tertiary/aromatic N) is 3. The molecule has 1 atom stereocenters. The number of amides is 1. The summed E-state index contributed by atoms with van der Waals surface area (Å²) in [6.07, 6.45) is 3.56. The van der Waals surface area contributed by atoms with Crippen molar-refractivity contribution < 1.29 is 9.72 Å². The van der Waals surface area contributed by atoms with Crippen LogP contribution in [0.1, 0.15) is 17.2 Å². The van der Waals surface area contributed by atoms with Crippen LogP contribution in [0.3, 0.4) is 0 Å². The number of non-ortho nitro benzene ring substituents is 1. The lowest BCUT2D eigenvalue weighted by Gasteiger charge is -2.36. The molecule has 7 nitrogen and oxygen atoms in total. The minimum Gasteiger partial charge on any atom is -0.333 e. The van der Waals surface area contributed by atoms with Gasteiger partial charge in [0.15, 0.2) is 0 Å². The van der Waals surface area contributed by atoms with E-state index in [0.29, 0.717) is 18.7 Å². The van der Waals surface area contributed by atoms with E-state index in [-0.39, 0.29) is 29.1 Å². The summed E-state index contributed by atoms with van der Waals surface area (Å²) in [6.45, 7) is 1.96. The molecule has 0 saturated carbocycles. The Morgan fingerprint density at radius 3 is 2.96 bits per heavy atom. The van der Waals surface area contributed by atoms with Crippen LogP contribution in [0.15, 0.2) is 42.7 Å². The Hall–Kier alpha value is -2.51. The van der Waals surface area contributed by atoms with Crippen LogP contribution in [-0.4, -0.2) is 40.3 Å². The van der Waals surface area contributed by atoms with Gasteiger partial charge < -0.3 is 10.2 Å². The third-order valence-corrected chi connectivity index (χ3v) is 4.57. The summed E-state index contributed by atoms with van der Waals surface area (Å²) in [5, 5.41) is 14.3. The Balaban J connectivity index is 1.78. The molecule has 1 aromatic carbocycles. The summed E-state index contributed by atoms with van der Waals surface area (Å²) in [5.74, 6) is -0.0638. The van der Waals surface area contributed by atoms with Crippen molar-refractivity contribution in [3.05, 3.63) is 69.0 Å². The lowest BCUT2D eigenvalue weighted by Crippen LogP contribution is -2.49. The van der Waals surface area contributed by atoms with Gasteiger partial charge in [-0.3, -0.25) is 19.9 Å². The first-order valence-corrected chi connectivity index (χ1v) is 8.27. The van der Waals surface area contributed by atoms with E-state index in [9.17, 15) is 14.9 Å². The van der Waals surface area contributed by atoms with Crippen molar-refractivity contribution in [1.29, 1.82) is 0 Å². The van der Waals surface area contributed by atoms with Crippen LogP contribution in [0.5, 0.6) is 0 Å². The smallest absolute Gasteiger partial charge is 0.270 e. The molecule has 2 heterocycles. The predicted octanol–water partition coefficient (Wildman–Crippen LogP) is 2.36. The molecule has 1 aromatic heterocycles. The molecule has 1 unspecified atom stereocenters. The van der Waals surface area contributed by atoms with Crippen LogP contribution >= 0.6 is 11.6 Å². The van der Waals surface area contributed by atoms with Gasteiger partial charge in [0.05, 0.1) is 22.4 Å². The summed E-state index contributed by atoms with van der Waals surface area (Å²) in [5.41, 5.74) is 1.47. The van der Waals surface area contributed by atoms with Crippen molar-refractivity contribution in [3.8, 4) is 0 Å². The van der Waals surface area contributed by atoms with E-state index in [2.05, 4.69) is 10.3 Å². The number of halogens is 1. The SMILES string of the molecule is O=C(Cc1ccc([N+](=O)[O-])cc1Cl)N1CCNCC1c1cccnc1. The molecular weight excluding hydrogens is 344 g/mol. The molecule has 1 aliphatic rings. The van der Waals surface area contributed by atoms with Crippen molar-refractivity contribution in [3.63, 3.8) is 0 Å². The number of piperazine rings is 1. The Kier molecular flexibility index (Phi) is 5.25. The molecule has 0 spiro atoms. The maximum absolute atomic E-state index is 12.8. The minimum absolute atomic E-state index is 0.0638. The number of hydrogen-bond donors (Lipinski definition) is 1. The van der Waals surface area contributed by atoms with Gasteiger partial charge in [0.25, 0.3) is 5.69 Å². The van der Waals surface area contributed by atoms with Gasteiger partial charge in [-0.2, -0.15) is 0 Å². The standard InChI is InChI=1S/C17H17ClN4O3/c18-15-9-14(22(24)25)4-3-12(15)8-17(23)21-7-6-20-11-16(21)13-2-1-5-19-10-13/h1-5,9-10,16,20H,6-8,11H2. The number of aromatic nitrogens is 1. The first-order chi connectivity index (χ1) is 12.1. The van der Waals surface area contributed by atoms with Crippen LogP contribution in [0, 0.1) is 10.1 Å². The molecule has 1 saturated heterocycles. The van der Waals surface area contributed by atoms with E-state index in [0.717, 1.165) is 12.1 Å². The number of hydrogen-bond acceptors (Lipinski definition) is 5. The summed E-state index contributed by atoms with van der Waals surface area (Å²) in [4.78, 5) is 29.0. The van der Waals surface area contributed by atoms with Crippen LogP contribution in [0.4, 0.5) is 5.69 Å². The highest BCUT2D eigenvalue weighted by atomic mass is 35.5. The van der Waals surface area contributed by atoms with Gasteiger partial charge in [0, 0.05) is 44.2 Å². The number of carbonyl (C=O) groups is 1. The maximum Gasteiger partial charge on any atom is 0.270 e. The molecule has 3 rings (SSSR count). The van der Waals surface area contributed by atoms with Crippen molar-refractivity contribution >= 4 is 23.2 Å². The zero-order valence-electron chi connectivity index (χ0n) is 13.4. The zero-order chi connectivity index (χ0) is 17.8. The highest BCUT2D eigenvalue weighted by molar-refractivity contribution is 6.31. The molecule has 1 aliphatic heterocycles. The fourth-order valence-corrected chi connectivity index (χ4v) is 3.17. The molecular formula is C17H17ClN4O3. The number of carbonyl (C=O) groups excluding carboxylic acids is 1. The number of rotatable bonds is 4. The molecule has 130 valence electrons. The lowest BCUT2D eigenvalue weighted by molar-refractivity contribution is -0.384. The third-order valence-electron chi connectivity index (χ3n) is 4.22. The average Bonchev–Trinajstić information content (AvgIpc) is 2.64. The van der Waals surface area contributed by atoms with Gasteiger partial charge in [-0.15, -0.1) is 0 Å². The number of nitro benzene ring substituents is 1. The molecule has 0 radical (unpaired) electrons. The van der Waals surface area contributed by atoms with Gasteiger partial charge in [-0.25, -0.2) is 0 Å². The fourth-order valence-electron chi connectivity index (χ4n) is 2.93. The second-order valence-corrected chi connectivity index (χ2v) is 6.21. The normalized spacial score (nSPS) is 17.3. The monoisotopic (exact) mass is 360 g/mol. The fraction of sp³-hybridized carbons (Fsp3) is 0.294. The quantitative estimate of drug-likeness (QED) is 0.668. The molecule has 25 heavy (non-hydrogen) atoms. The first-order valence-electron chi connectivity index (χ1n) is 7.89. The van der Waals surface area contributed by atoms with E-state index < -0.39 is 4.92 Å². The Morgan fingerprint density at radius 1 is 1.44 bits per heavy atom. The number of pyridine rings is 1. The number of nitro groups is 1. The van der Waals surface area contributed by atoms with E-state index in [1.807, 2.05) is 17.0 Å². The number of benzene rings is 1. The largest absolute Gasteiger partial charge is 0.333 e. The Bertz CT molecular complexity index is 785. The van der Waals surface area contributed by atoms with E-state index >= 15 is 0 Å². The Morgan fingerprint density at radius 2 is 2.28 bits per heavy atom. The molecule has 1 amide bonds. The summed E-state index contributed by atoms with van der Waals surface area (Å²) in [6, 6.07) is 7.89. The van der Waals surface area contributed by atoms with Crippen molar-refractivity contribution in [2.75, 3.05) is 19.6 Å². The zero-order valence-corrected chi connectivity index (χ0v) is 14.1. The molecule has 1 fully saturated rings. The van der Waals surface area contributed by atoms with Crippen LogP contribution in [0.25, 0.3) is 0 Å². The van der Waals surface area contributed by atoms with Gasteiger partial charge in [-0.05, 0) is 17.2 Å². The van der Waals surface area contributed by atoms with Crippen LogP contribution in [0.2, 0.25) is 5.02 Å². The topological polar surface area (TPSA) is 88.4 Å². The maximum atomic E-state index is 12.8. The molecule has 2 aromatic rings. The lowest BCUT2D eigenvalue weighted by atomic mass is 10.0. The average molecular weight is 361 g/mol. The molecule has 0 aliphatic carbocycles. The van der Waals surface area contributed by atoms with Crippen molar-refractivity contribution in [1.82, 2.24) is 15.2 Å². The summed E-state index contributed by atoms with van der Waals surface area (Å²) < 4.78 is 0. The van der Waals surface area contributed by atoms with Gasteiger partial charge >= 0.3 is 0 Å². The second kappa shape index (κ2) is 7.58. The van der Waals surface area contributed by atoms with Gasteiger partial charge in [0.2, 0.25) is 5.91 Å². The second-order valence-electron chi connectivity index (χ2n) is 5.80. The Labute approximate surface area is 149 Å². The highest BCUT2D eigenvalue weighted by Crippen LogP contribution is 2.26. The van der Waals surface area contributed by atoms with Crippen molar-refractivity contribution in [2.24, 2.45) is 0 Å². The van der Waals surface area contributed by atoms with Gasteiger partial charge in [-0.1, -0.05) is 23.7 Å². The molecule has 0 bridgehead atoms. The van der Waals surface area contributed by atoms with Crippen LogP contribution < -0.4 is 5.32 Å². The molecule has 8 heteroatoms. The van der Waals surface area contributed by atoms with Crippen LogP contribution in [-0.2, 0) is 11.2 Å². The predicted molar refractivity (Wildman–Crippen MR) is 93.4 cm³/mol. The van der Waals surface area contributed by atoms with E-state index in [1.54, 1.807) is 18.5 Å². The van der Waals surface area contributed by atoms with Crippen molar-refractivity contribution in [2.45, 2.75) is 12.5 Å². The van der Waals surface area contributed by atoms with E-state index in [4.69, 9.17) is 11.6 Å². The van der Waals surface area contributed by atoms with Gasteiger partial charge in [0.1, 0.15) is 0 Å². The highest BCUT2D eigenvalue weighted by Gasteiger charge is 2.28. The molecule has 1 N–H and O–H groups in total. The minimum atomic E-state index is -0.508. The van der Waals surface area contributed by atoms with E-state index in [1.165, 1.54) is 12.1 Å². The third kappa shape index (κ3) is 3.94.